The zero-order valence-electron chi connectivity index (χ0n) is 19.4. The van der Waals surface area contributed by atoms with Gasteiger partial charge in [0.1, 0.15) is 11.3 Å². The number of anilines is 1. The summed E-state index contributed by atoms with van der Waals surface area (Å²) in [5.41, 5.74) is -0.336. The SMILES string of the molecule is CN(C)C(=O)Oc1ccc2c(-c3nc(NC4CCC(C)(C)NC4)ncc3C(F)(F)F)c[nH]c2c1. The number of amides is 1. The van der Waals surface area contributed by atoms with Crippen molar-refractivity contribution >= 4 is 22.9 Å². The average Bonchev–Trinajstić information content (AvgIpc) is 3.17. The molecule has 1 aliphatic rings. The number of piperidine rings is 1. The molecule has 3 heterocycles. The Kier molecular flexibility index (Phi) is 6.15. The predicted molar refractivity (Wildman–Crippen MR) is 123 cm³/mol. The maximum Gasteiger partial charge on any atom is 0.419 e. The van der Waals surface area contributed by atoms with Gasteiger partial charge in [-0.15, -0.1) is 0 Å². The fourth-order valence-electron chi connectivity index (χ4n) is 3.85. The second-order valence-corrected chi connectivity index (χ2v) is 9.27. The van der Waals surface area contributed by atoms with E-state index in [0.29, 0.717) is 17.4 Å². The number of nitrogens with one attached hydrogen (secondary N) is 3. The van der Waals surface area contributed by atoms with Gasteiger partial charge in [0.05, 0.1) is 5.69 Å². The molecule has 1 atom stereocenters. The number of halogens is 3. The molecule has 1 fully saturated rings. The Bertz CT molecular complexity index is 1200. The van der Waals surface area contributed by atoms with Crippen molar-refractivity contribution in [3.8, 4) is 17.0 Å². The lowest BCUT2D eigenvalue weighted by Crippen LogP contribution is -2.50. The first kappa shape index (κ1) is 23.8. The van der Waals surface area contributed by atoms with Crippen molar-refractivity contribution in [1.29, 1.82) is 0 Å². The molecule has 1 saturated heterocycles. The van der Waals surface area contributed by atoms with Crippen LogP contribution in [-0.4, -0.2) is 58.2 Å². The van der Waals surface area contributed by atoms with Crippen molar-refractivity contribution in [2.24, 2.45) is 0 Å². The Morgan fingerprint density at radius 1 is 1.29 bits per heavy atom. The predicted octanol–water partition coefficient (Wildman–Crippen LogP) is 4.65. The lowest BCUT2D eigenvalue weighted by molar-refractivity contribution is -0.137. The highest BCUT2D eigenvalue weighted by molar-refractivity contribution is 5.96. The topological polar surface area (TPSA) is 95.2 Å². The molecule has 3 aromatic rings. The molecule has 0 radical (unpaired) electrons. The maximum absolute atomic E-state index is 13.8. The second kappa shape index (κ2) is 8.79. The van der Waals surface area contributed by atoms with Crippen LogP contribution in [0, 0.1) is 0 Å². The molecule has 3 N–H and O–H groups in total. The number of carbonyl (C=O) groups excluding carboxylic acids is 1. The van der Waals surface area contributed by atoms with Gasteiger partial charge in [0, 0.05) is 67.1 Å². The second-order valence-electron chi connectivity index (χ2n) is 9.27. The van der Waals surface area contributed by atoms with Crippen LogP contribution < -0.4 is 15.4 Å². The molecule has 1 amide bonds. The Morgan fingerprint density at radius 2 is 2.06 bits per heavy atom. The summed E-state index contributed by atoms with van der Waals surface area (Å²) in [6.07, 6.45) is -1.14. The van der Waals surface area contributed by atoms with E-state index < -0.39 is 17.8 Å². The van der Waals surface area contributed by atoms with E-state index >= 15 is 0 Å². The number of rotatable bonds is 4. The average molecular weight is 477 g/mol. The minimum atomic E-state index is -4.63. The third-order valence-electron chi connectivity index (χ3n) is 5.85. The Labute approximate surface area is 194 Å². The van der Waals surface area contributed by atoms with Crippen LogP contribution in [0.1, 0.15) is 32.3 Å². The summed E-state index contributed by atoms with van der Waals surface area (Å²) in [7, 11) is 3.11. The minimum absolute atomic E-state index is 0.00882. The van der Waals surface area contributed by atoms with Crippen LogP contribution in [0.25, 0.3) is 22.2 Å². The molecule has 182 valence electrons. The van der Waals surface area contributed by atoms with Gasteiger partial charge in [0.15, 0.2) is 0 Å². The van der Waals surface area contributed by atoms with Crippen LogP contribution >= 0.6 is 0 Å². The molecule has 34 heavy (non-hydrogen) atoms. The van der Waals surface area contributed by atoms with Gasteiger partial charge < -0.3 is 25.3 Å². The number of benzene rings is 1. The van der Waals surface area contributed by atoms with Crippen LogP contribution in [0.15, 0.2) is 30.6 Å². The first-order valence-corrected chi connectivity index (χ1v) is 10.9. The van der Waals surface area contributed by atoms with E-state index in [4.69, 9.17) is 4.74 Å². The number of H-pyrrole nitrogens is 1. The number of carbonyl (C=O) groups is 1. The molecular formula is C23H27F3N6O2. The highest BCUT2D eigenvalue weighted by Crippen LogP contribution is 2.39. The number of nitrogens with zero attached hydrogens (tertiary/aromatic N) is 3. The summed E-state index contributed by atoms with van der Waals surface area (Å²) in [6, 6.07) is 4.70. The third-order valence-corrected chi connectivity index (χ3v) is 5.85. The molecule has 0 bridgehead atoms. The van der Waals surface area contributed by atoms with Gasteiger partial charge in [-0.2, -0.15) is 13.2 Å². The summed E-state index contributed by atoms with van der Waals surface area (Å²) in [5.74, 6) is 0.411. The summed E-state index contributed by atoms with van der Waals surface area (Å²) in [6.45, 7) is 4.88. The van der Waals surface area contributed by atoms with E-state index in [1.165, 1.54) is 17.2 Å². The van der Waals surface area contributed by atoms with E-state index in [2.05, 4.69) is 39.4 Å². The Hall–Kier alpha value is -3.34. The van der Waals surface area contributed by atoms with E-state index in [1.807, 2.05) is 0 Å². The first-order valence-electron chi connectivity index (χ1n) is 10.9. The van der Waals surface area contributed by atoms with Crippen molar-refractivity contribution in [3.63, 3.8) is 0 Å². The van der Waals surface area contributed by atoms with Crippen molar-refractivity contribution in [1.82, 2.24) is 25.2 Å². The van der Waals surface area contributed by atoms with Crippen LogP contribution in [-0.2, 0) is 6.18 Å². The number of ether oxygens (including phenoxy) is 1. The molecule has 1 aromatic carbocycles. The lowest BCUT2D eigenvalue weighted by Gasteiger charge is -2.36. The van der Waals surface area contributed by atoms with Crippen molar-refractivity contribution < 1.29 is 22.7 Å². The van der Waals surface area contributed by atoms with Crippen LogP contribution in [0.3, 0.4) is 0 Å². The molecule has 2 aromatic heterocycles. The maximum atomic E-state index is 13.8. The van der Waals surface area contributed by atoms with Gasteiger partial charge >= 0.3 is 12.3 Å². The normalized spacial score (nSPS) is 18.0. The molecule has 0 saturated carbocycles. The smallest absolute Gasteiger partial charge is 0.410 e. The van der Waals surface area contributed by atoms with E-state index in [0.717, 1.165) is 19.0 Å². The van der Waals surface area contributed by atoms with Crippen LogP contribution in [0.2, 0.25) is 0 Å². The van der Waals surface area contributed by atoms with Gasteiger partial charge in [0.2, 0.25) is 5.95 Å². The van der Waals surface area contributed by atoms with Gasteiger partial charge in [-0.25, -0.2) is 14.8 Å². The summed E-state index contributed by atoms with van der Waals surface area (Å²) in [4.78, 5) is 24.3. The molecular weight excluding hydrogens is 449 g/mol. The molecule has 0 aliphatic carbocycles. The largest absolute Gasteiger partial charge is 0.419 e. The number of aromatic nitrogens is 3. The molecule has 4 rings (SSSR count). The van der Waals surface area contributed by atoms with Crippen molar-refractivity contribution in [3.05, 3.63) is 36.2 Å². The number of hydrogen-bond donors (Lipinski definition) is 3. The highest BCUT2D eigenvalue weighted by atomic mass is 19.4. The fraction of sp³-hybridized carbons (Fsp3) is 0.435. The van der Waals surface area contributed by atoms with Gasteiger partial charge in [-0.1, -0.05) is 0 Å². The zero-order valence-corrected chi connectivity index (χ0v) is 19.4. The van der Waals surface area contributed by atoms with Crippen LogP contribution in [0.4, 0.5) is 23.9 Å². The quantitative estimate of drug-likeness (QED) is 0.508. The Morgan fingerprint density at radius 3 is 2.71 bits per heavy atom. The first-order chi connectivity index (χ1) is 15.9. The monoisotopic (exact) mass is 476 g/mol. The van der Waals surface area contributed by atoms with Gasteiger partial charge in [-0.05, 0) is 38.8 Å². The van der Waals surface area contributed by atoms with E-state index in [1.54, 1.807) is 26.2 Å². The van der Waals surface area contributed by atoms with Crippen molar-refractivity contribution in [2.45, 2.75) is 44.4 Å². The number of alkyl halides is 3. The number of fused-ring (bicyclic) bond motifs is 1. The summed E-state index contributed by atoms with van der Waals surface area (Å²) < 4.78 is 46.7. The molecule has 1 aliphatic heterocycles. The van der Waals surface area contributed by atoms with Gasteiger partial charge in [0.25, 0.3) is 0 Å². The molecule has 11 heteroatoms. The Balaban J connectivity index is 1.67. The third kappa shape index (κ3) is 5.09. The highest BCUT2D eigenvalue weighted by Gasteiger charge is 2.36. The summed E-state index contributed by atoms with van der Waals surface area (Å²) in [5, 5.41) is 7.09. The summed E-state index contributed by atoms with van der Waals surface area (Å²) >= 11 is 0. The van der Waals surface area contributed by atoms with E-state index in [9.17, 15) is 18.0 Å². The molecule has 1 unspecified atom stereocenters. The van der Waals surface area contributed by atoms with Crippen molar-refractivity contribution in [2.75, 3.05) is 26.0 Å². The van der Waals surface area contributed by atoms with E-state index in [-0.39, 0.29) is 34.5 Å². The number of aromatic amines is 1. The zero-order chi connectivity index (χ0) is 24.7. The van der Waals surface area contributed by atoms with Crippen LogP contribution in [0.5, 0.6) is 5.75 Å². The number of hydrogen-bond acceptors (Lipinski definition) is 6. The standard InChI is InChI=1S/C23H27F3N6O2/c1-22(2)8-7-13(10-29-22)30-20-28-12-17(23(24,25)26)19(31-20)16-11-27-18-9-14(5-6-15(16)18)34-21(33)32(3)4/h5-6,9,11-13,27,29H,7-8,10H2,1-4H3,(H,28,30,31). The van der Waals surface area contributed by atoms with Gasteiger partial charge in [-0.3, -0.25) is 0 Å². The molecule has 0 spiro atoms. The molecule has 8 nitrogen and oxygen atoms in total. The fourth-order valence-corrected chi connectivity index (χ4v) is 3.85. The minimum Gasteiger partial charge on any atom is -0.410 e. The lowest BCUT2D eigenvalue weighted by atomic mass is 9.91.